The highest BCUT2D eigenvalue weighted by Gasteiger charge is 2.27. The molecule has 190 valence electrons. The number of rotatable bonds is 8. The van der Waals surface area contributed by atoms with Crippen molar-refractivity contribution in [1.82, 2.24) is 4.31 Å². The molecule has 1 saturated heterocycles. The second-order valence-corrected chi connectivity index (χ2v) is 10.3. The standard InChI is InChI=1S/C26H27FN2O6S/c1-18-3-6-22(15-19(18)2)34-17-26(30)28-24-16-23(36(31,32)29-11-13-33-14-12-29)9-10-25(24)35-21-7-4-20(27)5-8-21/h3-10,15-16H,11-14,17H2,1-2H3,(H,28,30). The predicted octanol–water partition coefficient (Wildman–Crippen LogP) is 4.27. The van der Waals surface area contributed by atoms with Crippen LogP contribution in [-0.4, -0.2) is 51.5 Å². The molecular formula is C26H27FN2O6S. The van der Waals surface area contributed by atoms with E-state index in [1.165, 1.54) is 46.8 Å². The molecule has 10 heteroatoms. The SMILES string of the molecule is Cc1ccc(OCC(=O)Nc2cc(S(=O)(=O)N3CCOCC3)ccc2Oc2ccc(F)cc2)cc1C. The number of benzene rings is 3. The highest BCUT2D eigenvalue weighted by Crippen LogP contribution is 2.33. The molecule has 1 aliphatic heterocycles. The molecule has 36 heavy (non-hydrogen) atoms. The maximum atomic E-state index is 13.3. The smallest absolute Gasteiger partial charge is 0.262 e. The average molecular weight is 515 g/mol. The van der Waals surface area contributed by atoms with E-state index < -0.39 is 21.7 Å². The van der Waals surface area contributed by atoms with Gasteiger partial charge in [0.1, 0.15) is 17.3 Å². The molecule has 0 aromatic heterocycles. The average Bonchev–Trinajstić information content (AvgIpc) is 2.87. The molecule has 0 unspecified atom stereocenters. The van der Waals surface area contributed by atoms with E-state index in [0.717, 1.165) is 11.1 Å². The number of carbonyl (C=O) groups excluding carboxylic acids is 1. The fourth-order valence-corrected chi connectivity index (χ4v) is 5.00. The third-order valence-electron chi connectivity index (χ3n) is 5.72. The van der Waals surface area contributed by atoms with Gasteiger partial charge in [0, 0.05) is 13.1 Å². The number of nitrogens with one attached hydrogen (secondary N) is 1. The third-order valence-corrected chi connectivity index (χ3v) is 7.62. The number of nitrogens with zero attached hydrogens (tertiary/aromatic N) is 1. The van der Waals surface area contributed by atoms with E-state index in [0.29, 0.717) is 24.7 Å². The van der Waals surface area contributed by atoms with Crippen LogP contribution in [0.4, 0.5) is 10.1 Å². The van der Waals surface area contributed by atoms with Crippen LogP contribution in [0.1, 0.15) is 11.1 Å². The lowest BCUT2D eigenvalue weighted by Gasteiger charge is -2.26. The van der Waals surface area contributed by atoms with Gasteiger partial charge in [0.15, 0.2) is 12.4 Å². The maximum absolute atomic E-state index is 13.3. The second-order valence-electron chi connectivity index (χ2n) is 8.31. The quantitative estimate of drug-likeness (QED) is 0.483. The van der Waals surface area contributed by atoms with Crippen LogP contribution in [0.15, 0.2) is 65.6 Å². The lowest BCUT2D eigenvalue weighted by molar-refractivity contribution is -0.118. The third kappa shape index (κ3) is 6.20. The van der Waals surface area contributed by atoms with E-state index >= 15 is 0 Å². The van der Waals surface area contributed by atoms with Crippen LogP contribution in [0.25, 0.3) is 0 Å². The molecule has 1 amide bonds. The monoisotopic (exact) mass is 514 g/mol. The number of anilines is 1. The van der Waals surface area contributed by atoms with Crippen LogP contribution in [0, 0.1) is 19.7 Å². The minimum atomic E-state index is -3.81. The van der Waals surface area contributed by atoms with Gasteiger partial charge in [-0.3, -0.25) is 4.79 Å². The van der Waals surface area contributed by atoms with Gasteiger partial charge in [-0.1, -0.05) is 6.07 Å². The lowest BCUT2D eigenvalue weighted by atomic mass is 10.1. The number of ether oxygens (including phenoxy) is 3. The minimum absolute atomic E-state index is 0.00114. The number of morpholine rings is 1. The summed E-state index contributed by atoms with van der Waals surface area (Å²) in [5, 5.41) is 2.68. The fourth-order valence-electron chi connectivity index (χ4n) is 3.56. The molecule has 1 N–H and O–H groups in total. The summed E-state index contributed by atoms with van der Waals surface area (Å²) in [5.74, 6) is 0.133. The Balaban J connectivity index is 1.57. The molecule has 1 fully saturated rings. The Hall–Kier alpha value is -3.47. The van der Waals surface area contributed by atoms with Crippen LogP contribution in [0.3, 0.4) is 0 Å². The topological polar surface area (TPSA) is 94.2 Å². The summed E-state index contributed by atoms with van der Waals surface area (Å²) in [7, 11) is -3.81. The molecule has 0 radical (unpaired) electrons. The van der Waals surface area contributed by atoms with Gasteiger partial charge in [-0.25, -0.2) is 12.8 Å². The van der Waals surface area contributed by atoms with Gasteiger partial charge >= 0.3 is 0 Å². The highest BCUT2D eigenvalue weighted by atomic mass is 32.2. The maximum Gasteiger partial charge on any atom is 0.262 e. The Kier molecular flexibility index (Phi) is 7.88. The molecule has 0 spiro atoms. The Morgan fingerprint density at radius 2 is 1.67 bits per heavy atom. The number of sulfonamides is 1. The Morgan fingerprint density at radius 1 is 0.972 bits per heavy atom. The first kappa shape index (κ1) is 25.6. The summed E-state index contributed by atoms with van der Waals surface area (Å²) in [5.41, 5.74) is 2.28. The largest absolute Gasteiger partial charge is 0.484 e. The van der Waals surface area contributed by atoms with Crippen molar-refractivity contribution in [3.63, 3.8) is 0 Å². The van der Waals surface area contributed by atoms with Crippen molar-refractivity contribution in [2.75, 3.05) is 38.2 Å². The summed E-state index contributed by atoms with van der Waals surface area (Å²) in [6, 6.07) is 15.1. The lowest BCUT2D eigenvalue weighted by Crippen LogP contribution is -2.40. The number of halogens is 1. The van der Waals surface area contributed by atoms with Crippen molar-refractivity contribution in [2.45, 2.75) is 18.7 Å². The van der Waals surface area contributed by atoms with E-state index in [1.807, 2.05) is 26.0 Å². The van der Waals surface area contributed by atoms with E-state index in [4.69, 9.17) is 14.2 Å². The minimum Gasteiger partial charge on any atom is -0.484 e. The zero-order chi connectivity index (χ0) is 25.7. The second kappa shape index (κ2) is 11.1. The first-order valence-corrected chi connectivity index (χ1v) is 12.8. The summed E-state index contributed by atoms with van der Waals surface area (Å²) < 4.78 is 57.6. The molecule has 0 saturated carbocycles. The van der Waals surface area contributed by atoms with Crippen LogP contribution in [-0.2, 0) is 19.6 Å². The van der Waals surface area contributed by atoms with Gasteiger partial charge in [0.2, 0.25) is 10.0 Å². The molecule has 8 nitrogen and oxygen atoms in total. The van der Waals surface area contributed by atoms with E-state index in [9.17, 15) is 17.6 Å². The summed E-state index contributed by atoms with van der Waals surface area (Å²) in [6.45, 7) is 4.73. The zero-order valence-corrected chi connectivity index (χ0v) is 20.8. The van der Waals surface area contributed by atoms with Crippen LogP contribution in [0.2, 0.25) is 0 Å². The zero-order valence-electron chi connectivity index (χ0n) is 20.0. The summed E-state index contributed by atoms with van der Waals surface area (Å²) in [6.07, 6.45) is 0. The molecule has 1 aliphatic rings. The van der Waals surface area contributed by atoms with Gasteiger partial charge in [-0.15, -0.1) is 0 Å². The van der Waals surface area contributed by atoms with Crippen molar-refractivity contribution < 1.29 is 31.8 Å². The molecular weight excluding hydrogens is 487 g/mol. The van der Waals surface area contributed by atoms with Crippen LogP contribution in [0.5, 0.6) is 17.2 Å². The van der Waals surface area contributed by atoms with E-state index in [2.05, 4.69) is 5.32 Å². The van der Waals surface area contributed by atoms with Gasteiger partial charge in [0.25, 0.3) is 5.91 Å². The van der Waals surface area contributed by atoms with Crippen LogP contribution >= 0.6 is 0 Å². The number of amides is 1. The van der Waals surface area contributed by atoms with Gasteiger partial charge in [0.05, 0.1) is 23.8 Å². The number of hydrogen-bond acceptors (Lipinski definition) is 6. The fraction of sp³-hybridized carbons (Fsp3) is 0.269. The predicted molar refractivity (Wildman–Crippen MR) is 133 cm³/mol. The molecule has 1 heterocycles. The van der Waals surface area contributed by atoms with Crippen molar-refractivity contribution in [1.29, 1.82) is 0 Å². The number of aryl methyl sites for hydroxylation is 2. The summed E-state index contributed by atoms with van der Waals surface area (Å²) >= 11 is 0. The normalized spacial score (nSPS) is 14.3. The van der Waals surface area contributed by atoms with Gasteiger partial charge in [-0.05, 0) is 79.6 Å². The molecule has 3 aromatic rings. The van der Waals surface area contributed by atoms with E-state index in [1.54, 1.807) is 6.07 Å². The summed E-state index contributed by atoms with van der Waals surface area (Å²) in [4.78, 5) is 12.7. The molecule has 4 rings (SSSR count). The van der Waals surface area contributed by atoms with Crippen molar-refractivity contribution >= 4 is 21.6 Å². The van der Waals surface area contributed by atoms with Crippen molar-refractivity contribution in [3.05, 3.63) is 77.6 Å². The van der Waals surface area contributed by atoms with E-state index in [-0.39, 0.29) is 36.0 Å². The Labute approximate surface area is 209 Å². The first-order valence-electron chi connectivity index (χ1n) is 11.4. The Bertz CT molecular complexity index is 1340. The number of carbonyl (C=O) groups is 1. The van der Waals surface area contributed by atoms with Gasteiger partial charge in [-0.2, -0.15) is 4.31 Å². The molecule has 0 bridgehead atoms. The first-order chi connectivity index (χ1) is 17.2. The Morgan fingerprint density at radius 3 is 2.36 bits per heavy atom. The van der Waals surface area contributed by atoms with Crippen LogP contribution < -0.4 is 14.8 Å². The van der Waals surface area contributed by atoms with Crippen molar-refractivity contribution in [2.24, 2.45) is 0 Å². The highest BCUT2D eigenvalue weighted by molar-refractivity contribution is 7.89. The van der Waals surface area contributed by atoms with Gasteiger partial charge < -0.3 is 19.5 Å². The van der Waals surface area contributed by atoms with Crippen molar-refractivity contribution in [3.8, 4) is 17.2 Å². The molecule has 3 aromatic carbocycles. The molecule has 0 aliphatic carbocycles. The number of hydrogen-bond donors (Lipinski definition) is 1. The molecule has 0 atom stereocenters.